The van der Waals surface area contributed by atoms with Gasteiger partial charge in [0.15, 0.2) is 6.10 Å². The lowest BCUT2D eigenvalue weighted by atomic mass is 9.92. The number of hydrogen-bond acceptors (Lipinski definition) is 6. The number of rotatable bonds is 11. The van der Waals surface area contributed by atoms with Gasteiger partial charge in [0.05, 0.1) is 35.3 Å². The van der Waals surface area contributed by atoms with Crippen molar-refractivity contribution in [3.05, 3.63) is 87.6 Å². The largest absolute Gasteiger partial charge is 0.479 e. The molecule has 0 amide bonds. The smallest absolute Gasteiger partial charge is 0.332 e. The molecular weight excluding hydrogens is 530 g/mol. The molecule has 9 heteroatoms. The van der Waals surface area contributed by atoms with E-state index in [1.165, 1.54) is 0 Å². The minimum Gasteiger partial charge on any atom is -0.479 e. The third kappa shape index (κ3) is 6.00. The first-order chi connectivity index (χ1) is 20.4. The van der Waals surface area contributed by atoms with E-state index in [0.717, 1.165) is 60.1 Å². The van der Waals surface area contributed by atoms with Crippen LogP contribution in [0.1, 0.15) is 87.2 Å². The third-order valence-corrected chi connectivity index (χ3v) is 8.26. The van der Waals surface area contributed by atoms with Gasteiger partial charge in [0.2, 0.25) is 0 Å². The summed E-state index contributed by atoms with van der Waals surface area (Å²) >= 11 is 0. The van der Waals surface area contributed by atoms with Crippen LogP contribution in [0.15, 0.2) is 59.7 Å². The molecule has 3 heterocycles. The predicted octanol–water partition coefficient (Wildman–Crippen LogP) is 5.73. The average Bonchev–Trinajstić information content (AvgIpc) is 3.50. The van der Waals surface area contributed by atoms with Crippen molar-refractivity contribution in [2.24, 2.45) is 0 Å². The third-order valence-electron chi connectivity index (χ3n) is 8.26. The highest BCUT2D eigenvalue weighted by Gasteiger charge is 2.30. The minimum absolute atomic E-state index is 0.00524. The molecule has 3 aromatic heterocycles. The standard InChI is InChI=1S/C33H37N5O4/c1-3-5-10-29-27(19-22-11-16-28(35-21-22)26-9-7-6-8-23(26)20-34)32(39)37(31-17-18-36-38(29)31)24-12-14-25(15-13-24)42-30(4-2)33(40)41/h6-9,11,16-18,21,24-25,30H,3-5,10,12-15,19H2,1-2H3,(H,40,41)/t24-,25-,30?. The fourth-order valence-corrected chi connectivity index (χ4v) is 6.02. The van der Waals surface area contributed by atoms with E-state index in [-0.39, 0.29) is 17.7 Å². The van der Waals surface area contributed by atoms with E-state index < -0.39 is 12.1 Å². The first-order valence-corrected chi connectivity index (χ1v) is 14.9. The minimum atomic E-state index is -0.930. The van der Waals surface area contributed by atoms with Gasteiger partial charge in [0, 0.05) is 35.9 Å². The average molecular weight is 568 g/mol. The van der Waals surface area contributed by atoms with Crippen LogP contribution in [-0.4, -0.2) is 42.4 Å². The molecule has 218 valence electrons. The van der Waals surface area contributed by atoms with Crippen LogP contribution >= 0.6 is 0 Å². The van der Waals surface area contributed by atoms with Crippen LogP contribution in [0.4, 0.5) is 0 Å². The topological polar surface area (TPSA) is 123 Å². The number of nitriles is 1. The number of aryl methyl sites for hydroxylation is 1. The Morgan fingerprint density at radius 3 is 2.60 bits per heavy atom. The van der Waals surface area contributed by atoms with Gasteiger partial charge in [0.1, 0.15) is 5.65 Å². The van der Waals surface area contributed by atoms with E-state index in [0.29, 0.717) is 36.9 Å². The normalized spacial score (nSPS) is 17.6. The van der Waals surface area contributed by atoms with E-state index in [9.17, 15) is 20.0 Å². The highest BCUT2D eigenvalue weighted by molar-refractivity contribution is 5.72. The van der Waals surface area contributed by atoms with E-state index >= 15 is 0 Å². The number of carboxylic acids is 1. The monoisotopic (exact) mass is 567 g/mol. The molecule has 1 aliphatic rings. The number of aromatic nitrogens is 4. The van der Waals surface area contributed by atoms with Gasteiger partial charge >= 0.3 is 5.97 Å². The SMILES string of the molecule is CCCCc1c(Cc2ccc(-c3ccccc3C#N)nc2)c(=O)n([C@H]2CC[C@H](OC(CC)C(=O)O)CC2)c2ccnn12. The molecule has 9 nitrogen and oxygen atoms in total. The fraction of sp³-hybridized carbons (Fsp3) is 0.424. The zero-order valence-corrected chi connectivity index (χ0v) is 24.2. The second-order valence-corrected chi connectivity index (χ2v) is 11.0. The summed E-state index contributed by atoms with van der Waals surface area (Å²) in [6, 6.07) is 15.4. The quantitative estimate of drug-likeness (QED) is 0.246. The molecule has 0 saturated heterocycles. The van der Waals surface area contributed by atoms with Gasteiger partial charge in [-0.25, -0.2) is 9.31 Å². The Morgan fingerprint density at radius 2 is 1.93 bits per heavy atom. The number of fused-ring (bicyclic) bond motifs is 1. The molecule has 1 aliphatic carbocycles. The number of carboxylic acid groups (broad SMARTS) is 1. The van der Waals surface area contributed by atoms with E-state index in [1.807, 2.05) is 52.4 Å². The summed E-state index contributed by atoms with van der Waals surface area (Å²) in [6.45, 7) is 3.95. The molecule has 5 rings (SSSR count). The molecule has 1 aromatic carbocycles. The molecule has 0 aliphatic heterocycles. The predicted molar refractivity (Wildman–Crippen MR) is 159 cm³/mol. The summed E-state index contributed by atoms with van der Waals surface area (Å²) in [4.78, 5) is 30.4. The van der Waals surface area contributed by atoms with Crippen LogP contribution in [0.3, 0.4) is 0 Å². The lowest BCUT2D eigenvalue weighted by Crippen LogP contribution is -2.36. The van der Waals surface area contributed by atoms with Crippen molar-refractivity contribution in [1.82, 2.24) is 19.2 Å². The number of benzene rings is 1. The molecule has 1 atom stereocenters. The van der Waals surface area contributed by atoms with Crippen molar-refractivity contribution in [3.8, 4) is 17.3 Å². The number of carbonyl (C=O) groups is 1. The summed E-state index contributed by atoms with van der Waals surface area (Å²) in [5.74, 6) is -0.930. The number of ether oxygens (including phenoxy) is 1. The highest BCUT2D eigenvalue weighted by Crippen LogP contribution is 2.32. The molecular formula is C33H37N5O4. The lowest BCUT2D eigenvalue weighted by Gasteiger charge is -2.32. The Kier molecular flexibility index (Phi) is 9.13. The number of unbranched alkanes of at least 4 members (excludes halogenated alkanes) is 1. The fourth-order valence-electron chi connectivity index (χ4n) is 6.02. The van der Waals surface area contributed by atoms with Crippen LogP contribution in [-0.2, 0) is 22.4 Å². The molecule has 4 aromatic rings. The van der Waals surface area contributed by atoms with Gasteiger partial charge < -0.3 is 9.84 Å². The van der Waals surface area contributed by atoms with Gasteiger partial charge in [0.25, 0.3) is 5.56 Å². The van der Waals surface area contributed by atoms with Gasteiger partial charge in [-0.2, -0.15) is 10.4 Å². The molecule has 0 spiro atoms. The van der Waals surface area contributed by atoms with Crippen molar-refractivity contribution < 1.29 is 14.6 Å². The van der Waals surface area contributed by atoms with Gasteiger partial charge in [-0.3, -0.25) is 14.3 Å². The van der Waals surface area contributed by atoms with E-state index in [2.05, 4.69) is 23.1 Å². The van der Waals surface area contributed by atoms with Crippen molar-refractivity contribution >= 4 is 11.6 Å². The maximum atomic E-state index is 14.3. The second-order valence-electron chi connectivity index (χ2n) is 11.0. The van der Waals surface area contributed by atoms with Gasteiger partial charge in [-0.05, 0) is 62.6 Å². The Bertz CT molecular complexity index is 1640. The summed E-state index contributed by atoms with van der Waals surface area (Å²) < 4.78 is 9.71. The van der Waals surface area contributed by atoms with Crippen LogP contribution in [0.2, 0.25) is 0 Å². The van der Waals surface area contributed by atoms with Gasteiger partial charge in [-0.1, -0.05) is 44.5 Å². The van der Waals surface area contributed by atoms with Crippen LogP contribution in [0.25, 0.3) is 16.9 Å². The summed E-state index contributed by atoms with van der Waals surface area (Å²) in [6.07, 6.45) is 9.00. The molecule has 1 unspecified atom stereocenters. The Hall–Kier alpha value is -4.29. The number of nitrogens with zero attached hydrogens (tertiary/aromatic N) is 5. The van der Waals surface area contributed by atoms with Crippen molar-refractivity contribution in [1.29, 1.82) is 5.26 Å². The summed E-state index contributed by atoms with van der Waals surface area (Å²) in [7, 11) is 0. The van der Waals surface area contributed by atoms with Crippen molar-refractivity contribution in [2.75, 3.05) is 0 Å². The van der Waals surface area contributed by atoms with Crippen LogP contribution in [0, 0.1) is 11.3 Å². The lowest BCUT2D eigenvalue weighted by molar-refractivity contribution is -0.156. The molecule has 0 radical (unpaired) electrons. The molecule has 1 saturated carbocycles. The first-order valence-electron chi connectivity index (χ1n) is 14.9. The Labute approximate surface area is 245 Å². The number of hydrogen-bond donors (Lipinski definition) is 1. The highest BCUT2D eigenvalue weighted by atomic mass is 16.5. The zero-order valence-electron chi connectivity index (χ0n) is 24.2. The summed E-state index contributed by atoms with van der Waals surface area (Å²) in [5.41, 5.74) is 5.42. The van der Waals surface area contributed by atoms with Crippen molar-refractivity contribution in [2.45, 2.75) is 89.9 Å². The molecule has 1 N–H and O–H groups in total. The maximum absolute atomic E-state index is 14.3. The van der Waals surface area contributed by atoms with Crippen LogP contribution in [0.5, 0.6) is 0 Å². The molecule has 1 fully saturated rings. The van der Waals surface area contributed by atoms with Gasteiger partial charge in [-0.15, -0.1) is 0 Å². The summed E-state index contributed by atoms with van der Waals surface area (Å²) in [5, 5.41) is 23.5. The number of aliphatic carboxylic acids is 1. The zero-order chi connectivity index (χ0) is 29.6. The van der Waals surface area contributed by atoms with Crippen LogP contribution < -0.4 is 5.56 Å². The van der Waals surface area contributed by atoms with E-state index in [1.54, 1.807) is 18.5 Å². The number of pyridine rings is 1. The van der Waals surface area contributed by atoms with E-state index in [4.69, 9.17) is 4.74 Å². The Balaban J connectivity index is 1.47. The second kappa shape index (κ2) is 13.1. The van der Waals surface area contributed by atoms with Crippen molar-refractivity contribution in [3.63, 3.8) is 0 Å². The molecule has 0 bridgehead atoms. The molecule has 42 heavy (non-hydrogen) atoms. The maximum Gasteiger partial charge on any atom is 0.332 e. The Morgan fingerprint density at radius 1 is 1.14 bits per heavy atom. The first kappa shape index (κ1) is 29.2.